The largest absolute Gasteiger partial charge is 0.325 e. The lowest BCUT2D eigenvalue weighted by atomic mass is 9.80. The third-order valence-electron chi connectivity index (χ3n) is 5.07. The van der Waals surface area contributed by atoms with Crippen molar-refractivity contribution in [3.63, 3.8) is 0 Å². The maximum atomic E-state index is 12.6. The smallest absolute Gasteiger partial charge is 0.241 e. The second-order valence-corrected chi connectivity index (χ2v) is 7.01. The Kier molecular flexibility index (Phi) is 5.08. The van der Waals surface area contributed by atoms with Gasteiger partial charge in [0, 0.05) is 6.54 Å². The minimum atomic E-state index is 0.0430. The zero-order valence-electron chi connectivity index (χ0n) is 13.6. The van der Waals surface area contributed by atoms with E-state index in [1.54, 1.807) is 0 Å². The fourth-order valence-corrected chi connectivity index (χ4v) is 3.47. The molecular formula is C16H31N3O. The minimum Gasteiger partial charge on any atom is -0.325 e. The van der Waals surface area contributed by atoms with E-state index in [1.165, 1.54) is 12.8 Å². The minimum absolute atomic E-state index is 0.0430. The predicted octanol–water partition coefficient (Wildman–Crippen LogP) is 2.05. The van der Waals surface area contributed by atoms with Gasteiger partial charge in [-0.3, -0.25) is 10.1 Å². The molecule has 2 aliphatic rings. The Morgan fingerprint density at radius 1 is 1.30 bits per heavy atom. The average Bonchev–Trinajstić information content (AvgIpc) is 2.71. The van der Waals surface area contributed by atoms with Crippen LogP contribution in [-0.2, 0) is 4.79 Å². The standard InChI is InChI=1S/C16H31N3O/c1-5-7-14-17-13(6-2)15(20)19(14)12-16(3)8-10-18(4)11-9-16/h13-14,17H,5-12H2,1-4H3. The van der Waals surface area contributed by atoms with Gasteiger partial charge < -0.3 is 9.80 Å². The van der Waals surface area contributed by atoms with Crippen molar-refractivity contribution in [2.45, 2.75) is 65.1 Å². The molecule has 2 rings (SSSR count). The molecule has 2 fully saturated rings. The number of nitrogens with one attached hydrogen (secondary N) is 1. The first kappa shape index (κ1) is 15.8. The Balaban J connectivity index is 2.03. The highest BCUT2D eigenvalue weighted by molar-refractivity contribution is 5.84. The molecule has 0 aromatic carbocycles. The first-order valence-electron chi connectivity index (χ1n) is 8.24. The average molecular weight is 281 g/mol. The maximum Gasteiger partial charge on any atom is 0.241 e. The van der Waals surface area contributed by atoms with E-state index in [9.17, 15) is 4.79 Å². The third kappa shape index (κ3) is 3.34. The van der Waals surface area contributed by atoms with Crippen molar-refractivity contribution >= 4 is 5.91 Å². The summed E-state index contributed by atoms with van der Waals surface area (Å²) in [5, 5.41) is 3.52. The number of amides is 1. The van der Waals surface area contributed by atoms with Crippen LogP contribution in [0.5, 0.6) is 0 Å². The van der Waals surface area contributed by atoms with Gasteiger partial charge in [-0.15, -0.1) is 0 Å². The molecule has 2 saturated heterocycles. The molecule has 2 heterocycles. The van der Waals surface area contributed by atoms with Crippen LogP contribution < -0.4 is 5.32 Å². The summed E-state index contributed by atoms with van der Waals surface area (Å²) in [4.78, 5) is 17.1. The molecule has 0 radical (unpaired) electrons. The van der Waals surface area contributed by atoms with Gasteiger partial charge in [0.15, 0.2) is 0 Å². The van der Waals surface area contributed by atoms with E-state index >= 15 is 0 Å². The molecule has 2 unspecified atom stereocenters. The van der Waals surface area contributed by atoms with Crippen LogP contribution in [0.4, 0.5) is 0 Å². The summed E-state index contributed by atoms with van der Waals surface area (Å²) in [6, 6.07) is 0.0430. The third-order valence-corrected chi connectivity index (χ3v) is 5.07. The molecule has 2 atom stereocenters. The molecule has 0 saturated carbocycles. The normalized spacial score (nSPS) is 31.0. The molecular weight excluding hydrogens is 250 g/mol. The molecule has 0 aromatic rings. The summed E-state index contributed by atoms with van der Waals surface area (Å²) in [5.74, 6) is 0.325. The second kappa shape index (κ2) is 6.44. The van der Waals surface area contributed by atoms with Crippen LogP contribution in [0.3, 0.4) is 0 Å². The summed E-state index contributed by atoms with van der Waals surface area (Å²) < 4.78 is 0. The Morgan fingerprint density at radius 2 is 1.95 bits per heavy atom. The Hall–Kier alpha value is -0.610. The zero-order chi connectivity index (χ0) is 14.8. The van der Waals surface area contributed by atoms with E-state index in [1.807, 2.05) is 0 Å². The Morgan fingerprint density at radius 3 is 2.50 bits per heavy atom. The van der Waals surface area contributed by atoms with Crippen LogP contribution in [0.25, 0.3) is 0 Å². The van der Waals surface area contributed by atoms with Crippen LogP contribution in [0.15, 0.2) is 0 Å². The van der Waals surface area contributed by atoms with E-state index < -0.39 is 0 Å². The monoisotopic (exact) mass is 281 g/mol. The van der Waals surface area contributed by atoms with Gasteiger partial charge in [0.25, 0.3) is 0 Å². The van der Waals surface area contributed by atoms with E-state index in [0.717, 1.165) is 38.9 Å². The highest BCUT2D eigenvalue weighted by atomic mass is 16.2. The van der Waals surface area contributed by atoms with Gasteiger partial charge in [0.1, 0.15) is 0 Å². The molecule has 4 heteroatoms. The number of nitrogens with zero attached hydrogens (tertiary/aromatic N) is 2. The van der Waals surface area contributed by atoms with E-state index in [2.05, 4.69) is 42.9 Å². The molecule has 116 valence electrons. The van der Waals surface area contributed by atoms with Crippen LogP contribution in [-0.4, -0.2) is 54.6 Å². The van der Waals surface area contributed by atoms with Crippen molar-refractivity contribution in [2.75, 3.05) is 26.7 Å². The molecule has 2 aliphatic heterocycles. The fourth-order valence-electron chi connectivity index (χ4n) is 3.47. The fraction of sp³-hybridized carbons (Fsp3) is 0.938. The van der Waals surface area contributed by atoms with Crippen molar-refractivity contribution in [3.8, 4) is 0 Å². The summed E-state index contributed by atoms with van der Waals surface area (Å²) in [6.07, 6.45) is 5.74. The van der Waals surface area contributed by atoms with Gasteiger partial charge in [-0.25, -0.2) is 0 Å². The van der Waals surface area contributed by atoms with Gasteiger partial charge in [-0.05, 0) is 51.2 Å². The van der Waals surface area contributed by atoms with Gasteiger partial charge >= 0.3 is 0 Å². The summed E-state index contributed by atoms with van der Waals surface area (Å²) in [7, 11) is 2.19. The van der Waals surface area contributed by atoms with Gasteiger partial charge in [0.2, 0.25) is 5.91 Å². The SMILES string of the molecule is CCCC1NC(CC)C(=O)N1CC1(C)CCN(C)CC1. The van der Waals surface area contributed by atoms with Gasteiger partial charge in [0.05, 0.1) is 12.2 Å². The molecule has 0 aromatic heterocycles. The number of piperidine rings is 1. The number of carbonyl (C=O) groups excluding carboxylic acids is 1. The molecule has 4 nitrogen and oxygen atoms in total. The lowest BCUT2D eigenvalue weighted by Gasteiger charge is -2.41. The number of hydrogen-bond acceptors (Lipinski definition) is 3. The molecule has 1 N–H and O–H groups in total. The van der Waals surface area contributed by atoms with Crippen molar-refractivity contribution < 1.29 is 4.79 Å². The van der Waals surface area contributed by atoms with Crippen molar-refractivity contribution in [1.82, 2.24) is 15.1 Å². The van der Waals surface area contributed by atoms with E-state index in [0.29, 0.717) is 11.3 Å². The summed E-state index contributed by atoms with van der Waals surface area (Å²) in [6.45, 7) is 9.88. The van der Waals surface area contributed by atoms with Crippen molar-refractivity contribution in [2.24, 2.45) is 5.41 Å². The van der Waals surface area contributed by atoms with Crippen LogP contribution in [0.1, 0.15) is 52.9 Å². The predicted molar refractivity (Wildman–Crippen MR) is 82.5 cm³/mol. The summed E-state index contributed by atoms with van der Waals surface area (Å²) >= 11 is 0. The van der Waals surface area contributed by atoms with Gasteiger partial charge in [-0.1, -0.05) is 27.2 Å². The molecule has 1 amide bonds. The first-order chi connectivity index (χ1) is 9.49. The summed E-state index contributed by atoms with van der Waals surface area (Å²) in [5.41, 5.74) is 0.290. The van der Waals surface area contributed by atoms with Crippen molar-refractivity contribution in [3.05, 3.63) is 0 Å². The number of carbonyl (C=O) groups is 1. The molecule has 0 spiro atoms. The maximum absolute atomic E-state index is 12.6. The quantitative estimate of drug-likeness (QED) is 0.838. The molecule has 20 heavy (non-hydrogen) atoms. The Bertz CT molecular complexity index is 337. The second-order valence-electron chi connectivity index (χ2n) is 7.01. The number of rotatable bonds is 5. The van der Waals surface area contributed by atoms with E-state index in [-0.39, 0.29) is 12.2 Å². The lowest BCUT2D eigenvalue weighted by Crippen LogP contribution is -2.47. The van der Waals surface area contributed by atoms with Crippen LogP contribution in [0.2, 0.25) is 0 Å². The highest BCUT2D eigenvalue weighted by Gasteiger charge is 2.41. The van der Waals surface area contributed by atoms with Crippen molar-refractivity contribution in [1.29, 1.82) is 0 Å². The number of likely N-dealkylation sites (tertiary alicyclic amines) is 1. The van der Waals surface area contributed by atoms with E-state index in [4.69, 9.17) is 0 Å². The highest BCUT2D eigenvalue weighted by Crippen LogP contribution is 2.33. The molecule has 0 aliphatic carbocycles. The Labute approximate surface area is 123 Å². The topological polar surface area (TPSA) is 35.6 Å². The zero-order valence-corrected chi connectivity index (χ0v) is 13.6. The lowest BCUT2D eigenvalue weighted by molar-refractivity contribution is -0.132. The molecule has 0 bridgehead atoms. The van der Waals surface area contributed by atoms with Gasteiger partial charge in [-0.2, -0.15) is 0 Å². The van der Waals surface area contributed by atoms with Crippen LogP contribution in [0, 0.1) is 5.41 Å². The first-order valence-corrected chi connectivity index (χ1v) is 8.24. The number of hydrogen-bond donors (Lipinski definition) is 1. The van der Waals surface area contributed by atoms with Crippen LogP contribution >= 0.6 is 0 Å².